The molecule has 2 aromatic rings. The molecule has 0 saturated heterocycles. The Balaban J connectivity index is 1.86. The van der Waals surface area contributed by atoms with Crippen molar-refractivity contribution in [1.29, 1.82) is 0 Å². The van der Waals surface area contributed by atoms with Crippen molar-refractivity contribution in [1.82, 2.24) is 0 Å². The van der Waals surface area contributed by atoms with Crippen molar-refractivity contribution in [2.24, 2.45) is 0 Å². The summed E-state index contributed by atoms with van der Waals surface area (Å²) in [5, 5.41) is 5.31. The Bertz CT molecular complexity index is 551. The van der Waals surface area contributed by atoms with Crippen LogP contribution in [0.4, 0.5) is 11.4 Å². The van der Waals surface area contributed by atoms with Crippen LogP contribution in [0.1, 0.15) is 0 Å². The van der Waals surface area contributed by atoms with E-state index in [2.05, 4.69) is 10.6 Å². The second-order valence-electron chi connectivity index (χ2n) is 4.04. The van der Waals surface area contributed by atoms with E-state index in [0.29, 0.717) is 11.4 Å². The normalized spacial score (nSPS) is 10.2. The highest BCUT2D eigenvalue weighted by molar-refractivity contribution is 6.06. The van der Waals surface area contributed by atoms with Crippen LogP contribution in [0.2, 0.25) is 0 Å². The summed E-state index contributed by atoms with van der Waals surface area (Å²) < 4.78 is 0. The molecule has 2 amide bonds. The van der Waals surface area contributed by atoms with Gasteiger partial charge in [-0.3, -0.25) is 9.59 Å². The van der Waals surface area contributed by atoms with Crippen molar-refractivity contribution in [2.45, 2.75) is 0 Å². The third kappa shape index (κ3) is 4.42. The number of nitrogens with one attached hydrogen (secondary N) is 2. The molecular formula is C16H14N2O2. The molecule has 0 aliphatic rings. The summed E-state index contributed by atoms with van der Waals surface area (Å²) in [4.78, 5) is 23.2. The number of hydrogen-bond acceptors (Lipinski definition) is 2. The van der Waals surface area contributed by atoms with Gasteiger partial charge in [0.05, 0.1) is 0 Å². The predicted octanol–water partition coefficient (Wildman–Crippen LogP) is 2.82. The monoisotopic (exact) mass is 266 g/mol. The number of para-hydroxylation sites is 2. The lowest BCUT2D eigenvalue weighted by Gasteiger charge is -2.02. The molecule has 20 heavy (non-hydrogen) atoms. The molecule has 0 radical (unpaired) electrons. The van der Waals surface area contributed by atoms with E-state index in [1.54, 1.807) is 24.3 Å². The number of rotatable bonds is 4. The van der Waals surface area contributed by atoms with Crippen LogP contribution in [0.15, 0.2) is 72.8 Å². The van der Waals surface area contributed by atoms with Crippen LogP contribution in [0, 0.1) is 0 Å². The van der Waals surface area contributed by atoms with Crippen molar-refractivity contribution < 1.29 is 9.59 Å². The topological polar surface area (TPSA) is 58.2 Å². The van der Waals surface area contributed by atoms with Gasteiger partial charge in [0, 0.05) is 23.5 Å². The fraction of sp³-hybridized carbons (Fsp3) is 0. The first-order valence-corrected chi connectivity index (χ1v) is 6.14. The van der Waals surface area contributed by atoms with Crippen LogP contribution >= 0.6 is 0 Å². The molecule has 0 aliphatic carbocycles. The van der Waals surface area contributed by atoms with Crippen LogP contribution in [0.25, 0.3) is 0 Å². The quantitative estimate of drug-likeness (QED) is 0.836. The third-order valence-electron chi connectivity index (χ3n) is 2.47. The SMILES string of the molecule is O=C(/C=C\C(=O)Nc1ccccc1)Nc1ccccc1. The van der Waals surface area contributed by atoms with Gasteiger partial charge in [0.25, 0.3) is 0 Å². The maximum absolute atomic E-state index is 11.6. The number of hydrogen-bond donors (Lipinski definition) is 2. The lowest BCUT2D eigenvalue weighted by molar-refractivity contribution is -0.114. The number of benzene rings is 2. The second kappa shape index (κ2) is 6.89. The summed E-state index contributed by atoms with van der Waals surface area (Å²) in [6.45, 7) is 0. The first kappa shape index (κ1) is 13.5. The molecule has 2 aromatic carbocycles. The highest BCUT2D eigenvalue weighted by Crippen LogP contribution is 2.06. The highest BCUT2D eigenvalue weighted by Gasteiger charge is 2.00. The Hall–Kier alpha value is -2.88. The molecule has 2 rings (SSSR count). The summed E-state index contributed by atoms with van der Waals surface area (Å²) in [5.74, 6) is -0.696. The minimum atomic E-state index is -0.348. The molecule has 0 bridgehead atoms. The fourth-order valence-corrected chi connectivity index (χ4v) is 1.56. The van der Waals surface area contributed by atoms with E-state index in [4.69, 9.17) is 0 Å². The molecule has 0 saturated carbocycles. The van der Waals surface area contributed by atoms with E-state index >= 15 is 0 Å². The number of carbonyl (C=O) groups excluding carboxylic acids is 2. The van der Waals surface area contributed by atoms with Gasteiger partial charge < -0.3 is 10.6 Å². The smallest absolute Gasteiger partial charge is 0.248 e. The molecule has 0 atom stereocenters. The van der Waals surface area contributed by atoms with Crippen LogP contribution < -0.4 is 10.6 Å². The van der Waals surface area contributed by atoms with E-state index in [1.807, 2.05) is 36.4 Å². The van der Waals surface area contributed by atoms with Crippen LogP contribution in [0.3, 0.4) is 0 Å². The summed E-state index contributed by atoms with van der Waals surface area (Å²) in [5.41, 5.74) is 1.37. The van der Waals surface area contributed by atoms with Crippen molar-refractivity contribution in [3.05, 3.63) is 72.8 Å². The van der Waals surface area contributed by atoms with Gasteiger partial charge in [-0.1, -0.05) is 36.4 Å². The molecule has 0 spiro atoms. The summed E-state index contributed by atoms with van der Waals surface area (Å²) in [6, 6.07) is 18.1. The Morgan fingerprint density at radius 2 is 1.00 bits per heavy atom. The van der Waals surface area contributed by atoms with Gasteiger partial charge in [0.1, 0.15) is 0 Å². The fourth-order valence-electron chi connectivity index (χ4n) is 1.56. The highest BCUT2D eigenvalue weighted by atomic mass is 16.2. The first-order chi connectivity index (χ1) is 9.74. The molecule has 0 heterocycles. The maximum Gasteiger partial charge on any atom is 0.248 e. The molecule has 0 aliphatic heterocycles. The predicted molar refractivity (Wildman–Crippen MR) is 79.3 cm³/mol. The zero-order valence-corrected chi connectivity index (χ0v) is 10.7. The maximum atomic E-state index is 11.6. The minimum Gasteiger partial charge on any atom is -0.323 e. The second-order valence-corrected chi connectivity index (χ2v) is 4.04. The van der Waals surface area contributed by atoms with Crippen LogP contribution in [-0.2, 0) is 9.59 Å². The van der Waals surface area contributed by atoms with E-state index in [9.17, 15) is 9.59 Å². The zero-order valence-electron chi connectivity index (χ0n) is 10.7. The Kier molecular flexibility index (Phi) is 4.67. The summed E-state index contributed by atoms with van der Waals surface area (Å²) >= 11 is 0. The molecular weight excluding hydrogens is 252 g/mol. The summed E-state index contributed by atoms with van der Waals surface area (Å²) in [7, 11) is 0. The van der Waals surface area contributed by atoms with E-state index in [1.165, 1.54) is 12.2 Å². The largest absolute Gasteiger partial charge is 0.323 e. The zero-order chi connectivity index (χ0) is 14.2. The van der Waals surface area contributed by atoms with Crippen molar-refractivity contribution >= 4 is 23.2 Å². The molecule has 4 heteroatoms. The molecule has 0 fully saturated rings. The lowest BCUT2D eigenvalue weighted by Crippen LogP contribution is -2.11. The van der Waals surface area contributed by atoms with Crippen LogP contribution in [0.5, 0.6) is 0 Å². The standard InChI is InChI=1S/C16H14N2O2/c19-15(17-13-7-3-1-4-8-13)11-12-16(20)18-14-9-5-2-6-10-14/h1-12H,(H,17,19)(H,18,20)/b12-11-. The Labute approximate surface area is 117 Å². The Morgan fingerprint density at radius 1 is 0.650 bits per heavy atom. The van der Waals surface area contributed by atoms with Gasteiger partial charge in [0.15, 0.2) is 0 Å². The van der Waals surface area contributed by atoms with Crippen molar-refractivity contribution in [2.75, 3.05) is 10.6 Å². The van der Waals surface area contributed by atoms with E-state index < -0.39 is 0 Å². The van der Waals surface area contributed by atoms with Gasteiger partial charge in [-0.05, 0) is 24.3 Å². The molecule has 0 unspecified atom stereocenters. The average Bonchev–Trinajstić information content (AvgIpc) is 2.47. The number of carbonyl (C=O) groups is 2. The number of anilines is 2. The molecule has 100 valence electrons. The van der Waals surface area contributed by atoms with Crippen molar-refractivity contribution in [3.63, 3.8) is 0 Å². The van der Waals surface area contributed by atoms with Gasteiger partial charge >= 0.3 is 0 Å². The molecule has 0 aromatic heterocycles. The van der Waals surface area contributed by atoms with Crippen LogP contribution in [-0.4, -0.2) is 11.8 Å². The van der Waals surface area contributed by atoms with Crippen molar-refractivity contribution in [3.8, 4) is 0 Å². The van der Waals surface area contributed by atoms with E-state index in [-0.39, 0.29) is 11.8 Å². The molecule has 2 N–H and O–H groups in total. The summed E-state index contributed by atoms with van der Waals surface area (Å²) in [6.07, 6.45) is 2.40. The third-order valence-corrected chi connectivity index (χ3v) is 2.47. The van der Waals surface area contributed by atoms with Gasteiger partial charge in [-0.2, -0.15) is 0 Å². The average molecular weight is 266 g/mol. The number of amides is 2. The van der Waals surface area contributed by atoms with Gasteiger partial charge in [0.2, 0.25) is 11.8 Å². The van der Waals surface area contributed by atoms with E-state index in [0.717, 1.165) is 0 Å². The van der Waals surface area contributed by atoms with Gasteiger partial charge in [-0.15, -0.1) is 0 Å². The van der Waals surface area contributed by atoms with Gasteiger partial charge in [-0.25, -0.2) is 0 Å². The first-order valence-electron chi connectivity index (χ1n) is 6.14. The lowest BCUT2D eigenvalue weighted by atomic mass is 10.3. The Morgan fingerprint density at radius 3 is 1.35 bits per heavy atom. The molecule has 4 nitrogen and oxygen atoms in total. The minimum absolute atomic E-state index is 0.348.